The first-order valence-electron chi connectivity index (χ1n) is 9.49. The zero-order valence-corrected chi connectivity index (χ0v) is 18.3. The topological polar surface area (TPSA) is 93.2 Å². The number of thiophene rings is 1. The second-order valence-electron chi connectivity index (χ2n) is 6.91. The van der Waals surface area contributed by atoms with Gasteiger partial charge in [0.05, 0.1) is 22.9 Å². The van der Waals surface area contributed by atoms with Gasteiger partial charge in [-0.2, -0.15) is 0 Å². The summed E-state index contributed by atoms with van der Waals surface area (Å²) in [4.78, 5) is 35.2. The van der Waals surface area contributed by atoms with Crippen LogP contribution >= 0.6 is 34.7 Å². The van der Waals surface area contributed by atoms with Crippen LogP contribution in [0.25, 0.3) is 0 Å². The summed E-state index contributed by atoms with van der Waals surface area (Å²) in [5, 5.41) is 7.02. The van der Waals surface area contributed by atoms with Crippen molar-refractivity contribution in [3.63, 3.8) is 0 Å². The number of rotatable bonds is 6. The third-order valence-electron chi connectivity index (χ3n) is 5.01. The molecule has 2 aliphatic rings. The molecule has 1 aliphatic heterocycles. The van der Waals surface area contributed by atoms with Gasteiger partial charge in [-0.3, -0.25) is 9.59 Å². The summed E-state index contributed by atoms with van der Waals surface area (Å²) in [5.41, 5.74) is 1.70. The Labute approximate surface area is 182 Å². The van der Waals surface area contributed by atoms with Crippen LogP contribution < -0.4 is 10.6 Å². The number of ether oxygens (including phenoxy) is 1. The maximum Gasteiger partial charge on any atom is 0.276 e. The average Bonchev–Trinajstić information content (AvgIpc) is 3.44. The molecule has 1 fully saturated rings. The SMILES string of the molecule is CSc1ncc(Cl)c(C(=O)Nc2sc3c(c2C(=O)NC[C@@H]2CCCO2)CCC3)n1. The van der Waals surface area contributed by atoms with Gasteiger partial charge in [0.15, 0.2) is 10.9 Å². The number of fused-ring (bicyclic) bond motifs is 1. The molecule has 2 aromatic rings. The molecule has 29 heavy (non-hydrogen) atoms. The predicted molar refractivity (Wildman–Crippen MR) is 114 cm³/mol. The summed E-state index contributed by atoms with van der Waals surface area (Å²) in [6.45, 7) is 1.22. The van der Waals surface area contributed by atoms with Crippen LogP contribution in [0.2, 0.25) is 5.02 Å². The van der Waals surface area contributed by atoms with E-state index in [-0.39, 0.29) is 22.7 Å². The molecule has 0 saturated carbocycles. The predicted octanol–water partition coefficient (Wildman–Crippen LogP) is 3.56. The van der Waals surface area contributed by atoms with Crippen LogP contribution in [0.3, 0.4) is 0 Å². The molecule has 7 nitrogen and oxygen atoms in total. The van der Waals surface area contributed by atoms with E-state index in [0.717, 1.165) is 49.2 Å². The lowest BCUT2D eigenvalue weighted by Crippen LogP contribution is -2.32. The van der Waals surface area contributed by atoms with Crippen LogP contribution in [0.1, 0.15) is 50.5 Å². The number of thioether (sulfide) groups is 1. The maximum absolute atomic E-state index is 13.0. The highest BCUT2D eigenvalue weighted by atomic mass is 35.5. The lowest BCUT2D eigenvalue weighted by molar-refractivity contribution is 0.0858. The molecule has 154 valence electrons. The van der Waals surface area contributed by atoms with Gasteiger partial charge >= 0.3 is 0 Å². The largest absolute Gasteiger partial charge is 0.376 e. The number of amides is 2. The van der Waals surface area contributed by atoms with Crippen molar-refractivity contribution in [3.05, 3.63) is 32.9 Å². The smallest absolute Gasteiger partial charge is 0.276 e. The third kappa shape index (κ3) is 4.42. The normalized spacial score (nSPS) is 17.9. The fourth-order valence-electron chi connectivity index (χ4n) is 3.60. The summed E-state index contributed by atoms with van der Waals surface area (Å²) in [6.07, 6.45) is 8.07. The molecule has 1 aliphatic carbocycles. The van der Waals surface area contributed by atoms with E-state index in [0.29, 0.717) is 22.3 Å². The lowest BCUT2D eigenvalue weighted by atomic mass is 10.1. The van der Waals surface area contributed by atoms with Gasteiger partial charge in [0.25, 0.3) is 11.8 Å². The fourth-order valence-corrected chi connectivity index (χ4v) is 5.40. The van der Waals surface area contributed by atoms with E-state index in [2.05, 4.69) is 20.6 Å². The van der Waals surface area contributed by atoms with Crippen molar-refractivity contribution in [2.45, 2.75) is 43.4 Å². The highest BCUT2D eigenvalue weighted by molar-refractivity contribution is 7.98. The van der Waals surface area contributed by atoms with Crippen molar-refractivity contribution in [3.8, 4) is 0 Å². The van der Waals surface area contributed by atoms with E-state index in [1.54, 1.807) is 0 Å². The van der Waals surface area contributed by atoms with Gasteiger partial charge in [0, 0.05) is 18.0 Å². The molecule has 0 radical (unpaired) electrons. The average molecular weight is 453 g/mol. The van der Waals surface area contributed by atoms with Gasteiger partial charge in [-0.1, -0.05) is 23.4 Å². The Hall–Kier alpha value is -1.68. The lowest BCUT2D eigenvalue weighted by Gasteiger charge is -2.13. The molecular weight excluding hydrogens is 432 g/mol. The van der Waals surface area contributed by atoms with E-state index in [9.17, 15) is 9.59 Å². The fraction of sp³-hybridized carbons (Fsp3) is 0.474. The highest BCUT2D eigenvalue weighted by Gasteiger charge is 2.29. The summed E-state index contributed by atoms with van der Waals surface area (Å²) in [7, 11) is 0. The number of carbonyl (C=O) groups is 2. The van der Waals surface area contributed by atoms with Crippen LogP contribution in [0.4, 0.5) is 5.00 Å². The Kier molecular flexibility index (Phi) is 6.38. The quantitative estimate of drug-likeness (QED) is 0.514. The molecule has 2 aromatic heterocycles. The molecule has 1 atom stereocenters. The first kappa shape index (κ1) is 20.6. The van der Waals surface area contributed by atoms with Gasteiger partial charge in [-0.05, 0) is 43.9 Å². The number of nitrogens with zero attached hydrogens (tertiary/aromatic N) is 2. The molecule has 0 aromatic carbocycles. The zero-order valence-electron chi connectivity index (χ0n) is 15.9. The molecule has 3 heterocycles. The standard InChI is InChI=1S/C19H21ClN4O3S2/c1-28-19-22-9-12(20)15(23-19)17(26)24-18-14(11-5-2-6-13(11)29-18)16(25)21-8-10-4-3-7-27-10/h9-10H,2-8H2,1H3,(H,21,25)(H,24,26)/t10-/m0/s1. The minimum absolute atomic E-state index is 0.0634. The van der Waals surface area contributed by atoms with E-state index in [1.807, 2.05) is 6.26 Å². The van der Waals surface area contributed by atoms with Gasteiger partial charge in [0.2, 0.25) is 0 Å². The van der Waals surface area contributed by atoms with Crippen molar-refractivity contribution in [2.75, 3.05) is 24.7 Å². The second kappa shape index (κ2) is 8.99. The van der Waals surface area contributed by atoms with Crippen LogP contribution in [0.5, 0.6) is 0 Å². The summed E-state index contributed by atoms with van der Waals surface area (Å²) < 4.78 is 5.59. The van der Waals surface area contributed by atoms with Crippen LogP contribution in [0, 0.1) is 0 Å². The summed E-state index contributed by atoms with van der Waals surface area (Å²) in [5.74, 6) is -0.616. The van der Waals surface area contributed by atoms with Crippen LogP contribution in [0.15, 0.2) is 11.4 Å². The number of carbonyl (C=O) groups excluding carboxylic acids is 2. The number of aryl methyl sites for hydroxylation is 1. The van der Waals surface area contributed by atoms with Crippen LogP contribution in [-0.2, 0) is 17.6 Å². The molecule has 0 unspecified atom stereocenters. The summed E-state index contributed by atoms with van der Waals surface area (Å²) in [6, 6.07) is 0. The Bertz CT molecular complexity index is 944. The molecule has 0 spiro atoms. The van der Waals surface area contributed by atoms with Gasteiger partial charge < -0.3 is 15.4 Å². The molecule has 2 amide bonds. The van der Waals surface area contributed by atoms with E-state index in [4.69, 9.17) is 16.3 Å². The van der Waals surface area contributed by atoms with Crippen molar-refractivity contribution in [2.24, 2.45) is 0 Å². The number of hydrogen-bond donors (Lipinski definition) is 2. The Morgan fingerprint density at radius 1 is 1.34 bits per heavy atom. The number of hydrogen-bond acceptors (Lipinski definition) is 7. The summed E-state index contributed by atoms with van der Waals surface area (Å²) >= 11 is 8.91. The van der Waals surface area contributed by atoms with Gasteiger partial charge in [-0.15, -0.1) is 11.3 Å². The third-order valence-corrected chi connectivity index (χ3v) is 7.06. The Balaban J connectivity index is 1.56. The maximum atomic E-state index is 13.0. The highest BCUT2D eigenvalue weighted by Crippen LogP contribution is 2.39. The van der Waals surface area contributed by atoms with E-state index >= 15 is 0 Å². The minimum Gasteiger partial charge on any atom is -0.376 e. The van der Waals surface area contributed by atoms with Crippen molar-refractivity contribution >= 4 is 51.5 Å². The Morgan fingerprint density at radius 3 is 2.97 bits per heavy atom. The second-order valence-corrected chi connectivity index (χ2v) is 9.20. The van der Waals surface area contributed by atoms with E-state index in [1.165, 1.54) is 29.3 Å². The van der Waals surface area contributed by atoms with Gasteiger partial charge in [-0.25, -0.2) is 9.97 Å². The Morgan fingerprint density at radius 2 is 2.21 bits per heavy atom. The molecule has 10 heteroatoms. The first-order valence-corrected chi connectivity index (χ1v) is 11.9. The first-order chi connectivity index (χ1) is 14.1. The molecule has 0 bridgehead atoms. The number of anilines is 1. The van der Waals surface area contributed by atoms with Crippen molar-refractivity contribution in [1.29, 1.82) is 0 Å². The number of aromatic nitrogens is 2. The van der Waals surface area contributed by atoms with Crippen molar-refractivity contribution in [1.82, 2.24) is 15.3 Å². The minimum atomic E-state index is -0.444. The van der Waals surface area contributed by atoms with Gasteiger partial charge in [0.1, 0.15) is 5.00 Å². The number of halogens is 1. The molecule has 2 N–H and O–H groups in total. The number of nitrogens with one attached hydrogen (secondary N) is 2. The van der Waals surface area contributed by atoms with Crippen LogP contribution in [-0.4, -0.2) is 47.3 Å². The van der Waals surface area contributed by atoms with E-state index < -0.39 is 5.91 Å². The molecule has 1 saturated heterocycles. The molecule has 4 rings (SSSR count). The monoisotopic (exact) mass is 452 g/mol. The van der Waals surface area contributed by atoms with Crippen molar-refractivity contribution < 1.29 is 14.3 Å². The molecular formula is C19H21ClN4O3S2. The zero-order chi connectivity index (χ0) is 20.4.